The van der Waals surface area contributed by atoms with Crippen LogP contribution in [-0.4, -0.2) is 32.6 Å². The monoisotopic (exact) mass is 370 g/mol. The van der Waals surface area contributed by atoms with Crippen molar-refractivity contribution >= 4 is 38.9 Å². The van der Waals surface area contributed by atoms with Gasteiger partial charge in [-0.2, -0.15) is 0 Å². The highest BCUT2D eigenvalue weighted by molar-refractivity contribution is 7.17. The van der Waals surface area contributed by atoms with E-state index in [1.807, 2.05) is 29.6 Å². The third-order valence-electron chi connectivity index (χ3n) is 3.81. The van der Waals surface area contributed by atoms with Crippen molar-refractivity contribution in [2.24, 2.45) is 0 Å². The molecule has 134 valence electrons. The normalized spacial score (nSPS) is 10.4. The summed E-state index contributed by atoms with van der Waals surface area (Å²) in [5, 5.41) is 8.30. The van der Waals surface area contributed by atoms with Crippen molar-refractivity contribution in [1.29, 1.82) is 0 Å². The third kappa shape index (κ3) is 3.78. The van der Waals surface area contributed by atoms with Crippen LogP contribution in [0, 0.1) is 0 Å². The van der Waals surface area contributed by atoms with Gasteiger partial charge >= 0.3 is 0 Å². The van der Waals surface area contributed by atoms with E-state index in [0.717, 1.165) is 15.8 Å². The number of benzene rings is 2. The standard InChI is InChI=1S/C19H18N2O4S/c1-24-15-8-7-12(9-16(15)25-2)19(23)20-10-18(22)21-14-11-26-17-6-4-3-5-13(14)17/h3-9,11H,10H2,1-2H3,(H,20,23)(H,21,22). The van der Waals surface area contributed by atoms with Crippen LogP contribution in [-0.2, 0) is 4.79 Å². The van der Waals surface area contributed by atoms with Crippen LogP contribution in [0.3, 0.4) is 0 Å². The number of hydrogen-bond acceptors (Lipinski definition) is 5. The fraction of sp³-hybridized carbons (Fsp3) is 0.158. The minimum absolute atomic E-state index is 0.128. The van der Waals surface area contributed by atoms with E-state index in [1.54, 1.807) is 29.5 Å². The van der Waals surface area contributed by atoms with E-state index in [1.165, 1.54) is 14.2 Å². The van der Waals surface area contributed by atoms with Crippen LogP contribution in [0.1, 0.15) is 10.4 Å². The molecule has 0 aliphatic carbocycles. The number of thiophene rings is 1. The van der Waals surface area contributed by atoms with E-state index >= 15 is 0 Å². The van der Waals surface area contributed by atoms with Gasteiger partial charge in [0.15, 0.2) is 11.5 Å². The van der Waals surface area contributed by atoms with Crippen molar-refractivity contribution in [1.82, 2.24) is 5.32 Å². The first-order valence-corrected chi connectivity index (χ1v) is 8.76. The molecule has 26 heavy (non-hydrogen) atoms. The summed E-state index contributed by atoms with van der Waals surface area (Å²) in [5.74, 6) is 0.333. The molecule has 0 saturated heterocycles. The van der Waals surface area contributed by atoms with Crippen molar-refractivity contribution in [2.75, 3.05) is 26.1 Å². The highest BCUT2D eigenvalue weighted by Gasteiger charge is 2.13. The molecule has 2 amide bonds. The summed E-state index contributed by atoms with van der Waals surface area (Å²) >= 11 is 1.56. The number of rotatable bonds is 6. The van der Waals surface area contributed by atoms with Crippen molar-refractivity contribution in [3.8, 4) is 11.5 Å². The summed E-state index contributed by atoms with van der Waals surface area (Å²) in [6.45, 7) is -0.128. The molecule has 2 aromatic carbocycles. The summed E-state index contributed by atoms with van der Waals surface area (Å²) in [6, 6.07) is 12.6. The number of carbonyl (C=O) groups excluding carboxylic acids is 2. The summed E-state index contributed by atoms with van der Waals surface area (Å²) in [7, 11) is 3.02. The molecule has 0 bridgehead atoms. The molecule has 0 aliphatic rings. The fourth-order valence-electron chi connectivity index (χ4n) is 2.51. The Morgan fingerprint density at radius 1 is 1.04 bits per heavy atom. The third-order valence-corrected chi connectivity index (χ3v) is 4.77. The highest BCUT2D eigenvalue weighted by Crippen LogP contribution is 2.30. The Hall–Kier alpha value is -3.06. The lowest BCUT2D eigenvalue weighted by Crippen LogP contribution is -2.32. The minimum Gasteiger partial charge on any atom is -0.493 e. The number of amides is 2. The zero-order chi connectivity index (χ0) is 18.5. The average Bonchev–Trinajstić information content (AvgIpc) is 3.08. The topological polar surface area (TPSA) is 76.7 Å². The van der Waals surface area contributed by atoms with Gasteiger partial charge in [0.25, 0.3) is 5.91 Å². The largest absolute Gasteiger partial charge is 0.493 e. The Kier molecular flexibility index (Phi) is 5.38. The SMILES string of the molecule is COc1ccc(C(=O)NCC(=O)Nc2csc3ccccc23)cc1OC. The Balaban J connectivity index is 1.61. The van der Waals surface area contributed by atoms with Gasteiger partial charge in [-0.05, 0) is 24.3 Å². The van der Waals surface area contributed by atoms with Crippen LogP contribution in [0.2, 0.25) is 0 Å². The van der Waals surface area contributed by atoms with Crippen LogP contribution in [0.5, 0.6) is 11.5 Å². The van der Waals surface area contributed by atoms with E-state index in [9.17, 15) is 9.59 Å². The Morgan fingerprint density at radius 2 is 1.81 bits per heavy atom. The fourth-order valence-corrected chi connectivity index (χ4v) is 3.40. The van der Waals surface area contributed by atoms with E-state index in [0.29, 0.717) is 17.1 Å². The number of hydrogen-bond donors (Lipinski definition) is 2. The molecule has 2 N–H and O–H groups in total. The van der Waals surface area contributed by atoms with Crippen LogP contribution in [0.25, 0.3) is 10.1 Å². The smallest absolute Gasteiger partial charge is 0.251 e. The lowest BCUT2D eigenvalue weighted by atomic mass is 10.2. The average molecular weight is 370 g/mol. The lowest BCUT2D eigenvalue weighted by molar-refractivity contribution is -0.115. The van der Waals surface area contributed by atoms with E-state index in [2.05, 4.69) is 10.6 Å². The van der Waals surface area contributed by atoms with Gasteiger partial charge in [0, 0.05) is 21.0 Å². The molecule has 0 radical (unpaired) electrons. The predicted octanol–water partition coefficient (Wildman–Crippen LogP) is 3.29. The quantitative estimate of drug-likeness (QED) is 0.698. The second kappa shape index (κ2) is 7.88. The Morgan fingerprint density at radius 3 is 2.58 bits per heavy atom. The van der Waals surface area contributed by atoms with Crippen molar-refractivity contribution in [2.45, 2.75) is 0 Å². The van der Waals surface area contributed by atoms with E-state index < -0.39 is 0 Å². The molecule has 7 heteroatoms. The van der Waals surface area contributed by atoms with Crippen molar-refractivity contribution < 1.29 is 19.1 Å². The van der Waals surface area contributed by atoms with Gasteiger partial charge in [0.2, 0.25) is 5.91 Å². The van der Waals surface area contributed by atoms with Crippen molar-refractivity contribution in [3.63, 3.8) is 0 Å². The highest BCUT2D eigenvalue weighted by atomic mass is 32.1. The summed E-state index contributed by atoms with van der Waals surface area (Å²) in [6.07, 6.45) is 0. The van der Waals surface area contributed by atoms with Gasteiger partial charge in [-0.1, -0.05) is 18.2 Å². The number of carbonyl (C=O) groups is 2. The van der Waals surface area contributed by atoms with Crippen LogP contribution in [0.15, 0.2) is 47.8 Å². The second-order valence-electron chi connectivity index (χ2n) is 5.45. The van der Waals surface area contributed by atoms with E-state index in [4.69, 9.17) is 9.47 Å². The first kappa shape index (κ1) is 17.8. The molecule has 0 atom stereocenters. The van der Waals surface area contributed by atoms with Gasteiger partial charge in [0.1, 0.15) is 0 Å². The molecular weight excluding hydrogens is 352 g/mol. The summed E-state index contributed by atoms with van der Waals surface area (Å²) in [5.41, 5.74) is 1.13. The molecule has 3 aromatic rings. The maximum absolute atomic E-state index is 12.2. The molecule has 3 rings (SSSR count). The van der Waals surface area contributed by atoms with E-state index in [-0.39, 0.29) is 18.4 Å². The van der Waals surface area contributed by atoms with Gasteiger partial charge in [0.05, 0.1) is 26.5 Å². The second-order valence-corrected chi connectivity index (χ2v) is 6.36. The number of ether oxygens (including phenoxy) is 2. The minimum atomic E-state index is -0.365. The molecule has 0 spiro atoms. The summed E-state index contributed by atoms with van der Waals surface area (Å²) in [4.78, 5) is 24.4. The first-order chi connectivity index (χ1) is 12.6. The van der Waals surface area contributed by atoms with Crippen LogP contribution >= 0.6 is 11.3 Å². The van der Waals surface area contributed by atoms with Crippen molar-refractivity contribution in [3.05, 3.63) is 53.4 Å². The molecule has 0 fully saturated rings. The Labute approximate surface area is 154 Å². The number of nitrogens with one attached hydrogen (secondary N) is 2. The first-order valence-electron chi connectivity index (χ1n) is 7.88. The lowest BCUT2D eigenvalue weighted by Gasteiger charge is -2.10. The van der Waals surface area contributed by atoms with Gasteiger partial charge in [-0.3, -0.25) is 9.59 Å². The summed E-state index contributed by atoms with van der Waals surface area (Å²) < 4.78 is 11.4. The van der Waals surface area contributed by atoms with Gasteiger partial charge in [-0.25, -0.2) is 0 Å². The number of anilines is 1. The van der Waals surface area contributed by atoms with Crippen LogP contribution < -0.4 is 20.1 Å². The molecule has 0 saturated carbocycles. The molecular formula is C19H18N2O4S. The molecule has 1 heterocycles. The number of methoxy groups -OCH3 is 2. The van der Waals surface area contributed by atoms with Gasteiger partial charge in [-0.15, -0.1) is 11.3 Å². The zero-order valence-electron chi connectivity index (χ0n) is 14.4. The molecule has 0 aliphatic heterocycles. The zero-order valence-corrected chi connectivity index (χ0v) is 15.2. The van der Waals surface area contributed by atoms with Crippen LogP contribution in [0.4, 0.5) is 5.69 Å². The Bertz CT molecular complexity index is 952. The maximum Gasteiger partial charge on any atom is 0.251 e. The predicted molar refractivity (Wildman–Crippen MR) is 102 cm³/mol. The maximum atomic E-state index is 12.2. The molecule has 1 aromatic heterocycles. The molecule has 6 nitrogen and oxygen atoms in total. The number of fused-ring (bicyclic) bond motifs is 1. The molecule has 0 unspecified atom stereocenters. The van der Waals surface area contributed by atoms with Gasteiger partial charge < -0.3 is 20.1 Å².